The van der Waals surface area contributed by atoms with Gasteiger partial charge in [0, 0.05) is 23.4 Å². The van der Waals surface area contributed by atoms with E-state index in [1.807, 2.05) is 48.5 Å². The molecule has 0 saturated heterocycles. The summed E-state index contributed by atoms with van der Waals surface area (Å²) >= 11 is 6.19. The van der Waals surface area contributed by atoms with Crippen molar-refractivity contribution in [1.29, 1.82) is 0 Å². The highest BCUT2D eigenvalue weighted by Crippen LogP contribution is 2.42. The number of halogens is 1. The zero-order valence-electron chi connectivity index (χ0n) is 15.4. The Morgan fingerprint density at radius 3 is 2.58 bits per heavy atom. The molecule has 1 aliphatic heterocycles. The fourth-order valence-electron chi connectivity index (χ4n) is 3.65. The first kappa shape index (κ1) is 18.8. The Morgan fingerprint density at radius 2 is 1.85 bits per heavy atom. The molecular weight excluding hydrogens is 346 g/mol. The molecule has 3 rings (SSSR count). The third kappa shape index (κ3) is 4.04. The normalized spacial score (nSPS) is 17.9. The Morgan fingerprint density at radius 1 is 1.15 bits per heavy atom. The molecule has 2 aromatic rings. The largest absolute Gasteiger partial charge is 0.487 e. The third-order valence-corrected chi connectivity index (χ3v) is 5.77. The van der Waals surface area contributed by atoms with Gasteiger partial charge in [-0.3, -0.25) is 4.79 Å². The van der Waals surface area contributed by atoms with Gasteiger partial charge in [0.1, 0.15) is 11.4 Å². The van der Waals surface area contributed by atoms with Gasteiger partial charge in [-0.2, -0.15) is 0 Å². The first-order valence-electron chi connectivity index (χ1n) is 9.37. The van der Waals surface area contributed by atoms with Crippen molar-refractivity contribution >= 4 is 17.5 Å². The SMILES string of the molecule is CCC1(CC)C[C@@H](NC(=O)CCc2ccccc2Cl)c2ccccc2O1. The number of aryl methyl sites for hydroxylation is 1. The Hall–Kier alpha value is -2.00. The van der Waals surface area contributed by atoms with Gasteiger partial charge in [-0.05, 0) is 37.0 Å². The van der Waals surface area contributed by atoms with E-state index in [0.717, 1.165) is 36.1 Å². The molecule has 4 heteroatoms. The van der Waals surface area contributed by atoms with Crippen LogP contribution in [0.2, 0.25) is 5.02 Å². The molecule has 0 radical (unpaired) electrons. The van der Waals surface area contributed by atoms with Crippen LogP contribution < -0.4 is 10.1 Å². The number of hydrogen-bond acceptors (Lipinski definition) is 2. The minimum Gasteiger partial charge on any atom is -0.487 e. The predicted molar refractivity (Wildman–Crippen MR) is 106 cm³/mol. The van der Waals surface area contributed by atoms with Crippen LogP contribution >= 0.6 is 11.6 Å². The molecular formula is C22H26ClNO2. The molecule has 0 aromatic heterocycles. The minimum atomic E-state index is -0.213. The lowest BCUT2D eigenvalue weighted by molar-refractivity contribution is -0.122. The van der Waals surface area contributed by atoms with Crippen LogP contribution in [0, 0.1) is 0 Å². The maximum Gasteiger partial charge on any atom is 0.220 e. The van der Waals surface area contributed by atoms with Gasteiger partial charge >= 0.3 is 0 Å². The molecule has 1 N–H and O–H groups in total. The first-order chi connectivity index (χ1) is 12.6. The fourth-order valence-corrected chi connectivity index (χ4v) is 3.88. The molecule has 0 unspecified atom stereocenters. The van der Waals surface area contributed by atoms with Gasteiger partial charge in [-0.25, -0.2) is 0 Å². The van der Waals surface area contributed by atoms with E-state index >= 15 is 0 Å². The number of nitrogens with one attached hydrogen (secondary N) is 1. The van der Waals surface area contributed by atoms with E-state index in [1.54, 1.807) is 0 Å². The number of benzene rings is 2. The summed E-state index contributed by atoms with van der Waals surface area (Å²) in [5.74, 6) is 0.937. The van der Waals surface area contributed by atoms with Gasteiger partial charge < -0.3 is 10.1 Å². The van der Waals surface area contributed by atoms with Crippen LogP contribution in [-0.4, -0.2) is 11.5 Å². The van der Waals surface area contributed by atoms with E-state index in [2.05, 4.69) is 19.2 Å². The molecule has 1 heterocycles. The number of carbonyl (C=O) groups is 1. The second-order valence-electron chi connectivity index (χ2n) is 6.95. The second-order valence-corrected chi connectivity index (χ2v) is 7.35. The summed E-state index contributed by atoms with van der Waals surface area (Å²) in [4.78, 5) is 12.6. The highest BCUT2D eigenvalue weighted by Gasteiger charge is 2.38. The molecule has 0 fully saturated rings. The van der Waals surface area contributed by atoms with Crippen LogP contribution in [0.1, 0.15) is 56.7 Å². The van der Waals surface area contributed by atoms with Gasteiger partial charge in [0.25, 0.3) is 0 Å². The van der Waals surface area contributed by atoms with Crippen LogP contribution in [0.15, 0.2) is 48.5 Å². The maximum absolute atomic E-state index is 12.6. The number of para-hydroxylation sites is 1. The average molecular weight is 372 g/mol. The van der Waals surface area contributed by atoms with Crippen LogP contribution in [-0.2, 0) is 11.2 Å². The summed E-state index contributed by atoms with van der Waals surface area (Å²) in [6.45, 7) is 4.29. The smallest absolute Gasteiger partial charge is 0.220 e. The standard InChI is InChI=1S/C22H26ClNO2/c1-3-22(4-2)15-19(17-10-6-8-12-20(17)26-22)24-21(25)14-13-16-9-5-7-11-18(16)23/h5-12,19H,3-4,13-15H2,1-2H3,(H,24,25)/t19-/m1/s1. The molecule has 2 aromatic carbocycles. The Balaban J connectivity index is 1.71. The molecule has 0 spiro atoms. The van der Waals surface area contributed by atoms with E-state index < -0.39 is 0 Å². The van der Waals surface area contributed by atoms with Gasteiger partial charge in [0.15, 0.2) is 0 Å². The van der Waals surface area contributed by atoms with Gasteiger partial charge in [0.05, 0.1) is 6.04 Å². The van der Waals surface area contributed by atoms with Crippen molar-refractivity contribution in [2.24, 2.45) is 0 Å². The molecule has 1 amide bonds. The van der Waals surface area contributed by atoms with Crippen molar-refractivity contribution in [3.8, 4) is 5.75 Å². The Labute approximate surface area is 160 Å². The zero-order chi connectivity index (χ0) is 18.6. The second kappa shape index (κ2) is 8.13. The molecule has 1 aliphatic rings. The molecule has 138 valence electrons. The van der Waals surface area contributed by atoms with E-state index in [9.17, 15) is 4.79 Å². The topological polar surface area (TPSA) is 38.3 Å². The van der Waals surface area contributed by atoms with Crippen LogP contribution in [0.4, 0.5) is 0 Å². The van der Waals surface area contributed by atoms with Crippen molar-refractivity contribution in [3.63, 3.8) is 0 Å². The zero-order valence-corrected chi connectivity index (χ0v) is 16.2. The van der Waals surface area contributed by atoms with E-state index in [4.69, 9.17) is 16.3 Å². The van der Waals surface area contributed by atoms with E-state index in [0.29, 0.717) is 17.9 Å². The summed E-state index contributed by atoms with van der Waals surface area (Å²) < 4.78 is 6.31. The minimum absolute atomic E-state index is 0.0152. The van der Waals surface area contributed by atoms with Gasteiger partial charge in [-0.15, -0.1) is 0 Å². The summed E-state index contributed by atoms with van der Waals surface area (Å²) in [5.41, 5.74) is 1.86. The van der Waals surface area contributed by atoms with Crippen LogP contribution in [0.5, 0.6) is 5.75 Å². The van der Waals surface area contributed by atoms with Crippen molar-refractivity contribution < 1.29 is 9.53 Å². The number of rotatable bonds is 6. The van der Waals surface area contributed by atoms with Crippen molar-refractivity contribution in [1.82, 2.24) is 5.32 Å². The average Bonchev–Trinajstić information content (AvgIpc) is 2.67. The van der Waals surface area contributed by atoms with Crippen molar-refractivity contribution in [3.05, 3.63) is 64.7 Å². The lowest BCUT2D eigenvalue weighted by atomic mass is 9.83. The summed E-state index contributed by atoms with van der Waals surface area (Å²) in [6, 6.07) is 15.7. The number of ether oxygens (including phenoxy) is 1. The molecule has 0 aliphatic carbocycles. The number of fused-ring (bicyclic) bond motifs is 1. The highest BCUT2D eigenvalue weighted by molar-refractivity contribution is 6.31. The third-order valence-electron chi connectivity index (χ3n) is 5.40. The van der Waals surface area contributed by atoms with Crippen LogP contribution in [0.25, 0.3) is 0 Å². The van der Waals surface area contributed by atoms with Crippen LogP contribution in [0.3, 0.4) is 0 Å². The molecule has 0 bridgehead atoms. The summed E-state index contributed by atoms with van der Waals surface area (Å²) in [7, 11) is 0. The quantitative estimate of drug-likeness (QED) is 0.731. The van der Waals surface area contributed by atoms with Gasteiger partial charge in [0.2, 0.25) is 5.91 Å². The maximum atomic E-state index is 12.6. The molecule has 1 atom stereocenters. The summed E-state index contributed by atoms with van der Waals surface area (Å²) in [5, 5.41) is 3.94. The van der Waals surface area contributed by atoms with Crippen molar-refractivity contribution in [2.75, 3.05) is 0 Å². The highest BCUT2D eigenvalue weighted by atomic mass is 35.5. The Bertz CT molecular complexity index is 770. The number of amides is 1. The summed E-state index contributed by atoms with van der Waals surface area (Å²) in [6.07, 6.45) is 3.71. The van der Waals surface area contributed by atoms with Crippen molar-refractivity contribution in [2.45, 2.75) is 57.6 Å². The predicted octanol–water partition coefficient (Wildman–Crippen LogP) is 5.47. The first-order valence-corrected chi connectivity index (χ1v) is 9.75. The lowest BCUT2D eigenvalue weighted by Gasteiger charge is -2.41. The number of carbonyl (C=O) groups excluding carboxylic acids is 1. The van der Waals surface area contributed by atoms with E-state index in [1.165, 1.54) is 0 Å². The Kier molecular flexibility index (Phi) is 5.87. The molecule has 26 heavy (non-hydrogen) atoms. The van der Waals surface area contributed by atoms with E-state index in [-0.39, 0.29) is 17.6 Å². The fraction of sp³-hybridized carbons (Fsp3) is 0.409. The molecule has 0 saturated carbocycles. The monoisotopic (exact) mass is 371 g/mol. The lowest BCUT2D eigenvalue weighted by Crippen LogP contribution is -2.44. The number of hydrogen-bond donors (Lipinski definition) is 1. The molecule has 3 nitrogen and oxygen atoms in total. The van der Waals surface area contributed by atoms with Gasteiger partial charge in [-0.1, -0.05) is 61.8 Å².